The molecule has 0 saturated heterocycles. The summed E-state index contributed by atoms with van der Waals surface area (Å²) in [6.07, 6.45) is 4.22. The molecule has 0 fully saturated rings. The van der Waals surface area contributed by atoms with Crippen molar-refractivity contribution in [3.63, 3.8) is 0 Å². The zero-order valence-electron chi connectivity index (χ0n) is 30.5. The van der Waals surface area contributed by atoms with E-state index >= 15 is 0 Å². The summed E-state index contributed by atoms with van der Waals surface area (Å²) in [6, 6.07) is 72.5. The van der Waals surface area contributed by atoms with Crippen molar-refractivity contribution in [2.24, 2.45) is 0 Å². The van der Waals surface area contributed by atoms with Crippen molar-refractivity contribution < 1.29 is 4.42 Å². The number of benzene rings is 9. The van der Waals surface area contributed by atoms with E-state index in [1.165, 1.54) is 77.2 Å². The van der Waals surface area contributed by atoms with Gasteiger partial charge in [0.25, 0.3) is 0 Å². The molecule has 0 saturated carbocycles. The first-order chi connectivity index (χ1) is 27.2. The van der Waals surface area contributed by atoms with E-state index in [0.29, 0.717) is 0 Å². The fraction of sp³-hybridized carbons (Fsp3) is 0.0370. The third-order valence-electron chi connectivity index (χ3n) is 11.0. The molecule has 0 atom stereocenters. The molecular formula is C54H38O. The Morgan fingerprint density at radius 3 is 1.71 bits per heavy atom. The number of fused-ring (bicyclic) bond motifs is 5. The van der Waals surface area contributed by atoms with Gasteiger partial charge in [0.2, 0.25) is 0 Å². The molecule has 1 aromatic heterocycles. The summed E-state index contributed by atoms with van der Waals surface area (Å²) < 4.78 is 6.14. The van der Waals surface area contributed by atoms with Crippen LogP contribution in [0.2, 0.25) is 0 Å². The van der Waals surface area contributed by atoms with Crippen molar-refractivity contribution >= 4 is 55.1 Å². The number of furan rings is 1. The lowest BCUT2D eigenvalue weighted by molar-refractivity contribution is 0.669. The molecule has 10 aromatic rings. The van der Waals surface area contributed by atoms with Gasteiger partial charge in [-0.15, -0.1) is 0 Å². The molecule has 55 heavy (non-hydrogen) atoms. The zero-order valence-corrected chi connectivity index (χ0v) is 30.5. The van der Waals surface area contributed by atoms with Crippen molar-refractivity contribution in [2.75, 3.05) is 0 Å². The van der Waals surface area contributed by atoms with Gasteiger partial charge in [-0.2, -0.15) is 0 Å². The summed E-state index contributed by atoms with van der Waals surface area (Å²) >= 11 is 0. The third kappa shape index (κ3) is 6.62. The molecule has 10 rings (SSSR count). The van der Waals surface area contributed by atoms with Gasteiger partial charge in [0.05, 0.1) is 0 Å². The first kappa shape index (κ1) is 32.7. The number of allylic oxidation sites excluding steroid dienone is 1. The fourth-order valence-electron chi connectivity index (χ4n) is 7.98. The minimum Gasteiger partial charge on any atom is -0.456 e. The molecule has 1 heteroatoms. The Morgan fingerprint density at radius 2 is 0.927 bits per heavy atom. The Bertz CT molecular complexity index is 3000. The summed E-state index contributed by atoms with van der Waals surface area (Å²) in [5.41, 5.74) is 14.3. The van der Waals surface area contributed by atoms with E-state index in [1.807, 2.05) is 12.1 Å². The normalized spacial score (nSPS) is 11.9. The maximum absolute atomic E-state index is 6.14. The van der Waals surface area contributed by atoms with Crippen LogP contribution in [0.4, 0.5) is 0 Å². The number of rotatable bonds is 8. The lowest BCUT2D eigenvalue weighted by atomic mass is 9.93. The van der Waals surface area contributed by atoms with Crippen molar-refractivity contribution in [1.82, 2.24) is 0 Å². The van der Waals surface area contributed by atoms with Gasteiger partial charge >= 0.3 is 0 Å². The van der Waals surface area contributed by atoms with Gasteiger partial charge in [-0.1, -0.05) is 176 Å². The van der Waals surface area contributed by atoms with Crippen LogP contribution in [0, 0.1) is 0 Å². The van der Waals surface area contributed by atoms with E-state index in [1.54, 1.807) is 0 Å². The molecule has 0 aliphatic carbocycles. The van der Waals surface area contributed by atoms with Gasteiger partial charge in [0.15, 0.2) is 0 Å². The van der Waals surface area contributed by atoms with Crippen LogP contribution >= 0.6 is 0 Å². The Balaban J connectivity index is 0.918. The van der Waals surface area contributed by atoms with E-state index in [9.17, 15) is 0 Å². The average Bonchev–Trinajstić information content (AvgIpc) is 3.63. The first-order valence-corrected chi connectivity index (χ1v) is 19.1. The van der Waals surface area contributed by atoms with Gasteiger partial charge in [-0.3, -0.25) is 0 Å². The summed E-state index contributed by atoms with van der Waals surface area (Å²) in [5, 5.41) is 7.36. The van der Waals surface area contributed by atoms with Gasteiger partial charge in [0.1, 0.15) is 11.2 Å². The van der Waals surface area contributed by atoms with E-state index in [-0.39, 0.29) is 0 Å². The molecule has 0 N–H and O–H groups in total. The molecule has 0 aliphatic heterocycles. The zero-order chi connectivity index (χ0) is 36.6. The minimum absolute atomic E-state index is 0.919. The predicted molar refractivity (Wildman–Crippen MR) is 234 cm³/mol. The Kier molecular flexibility index (Phi) is 8.39. The van der Waals surface area contributed by atoms with Gasteiger partial charge in [-0.05, 0) is 120 Å². The molecule has 0 unspecified atom stereocenters. The van der Waals surface area contributed by atoms with Crippen molar-refractivity contribution in [3.8, 4) is 33.4 Å². The molecule has 0 amide bonds. The van der Waals surface area contributed by atoms with Crippen LogP contribution in [0.3, 0.4) is 0 Å². The van der Waals surface area contributed by atoms with E-state index < -0.39 is 0 Å². The topological polar surface area (TPSA) is 13.1 Å². The second-order valence-electron chi connectivity index (χ2n) is 14.5. The molecule has 260 valence electrons. The monoisotopic (exact) mass is 702 g/mol. The highest BCUT2D eigenvalue weighted by Gasteiger charge is 2.10. The Labute approximate surface area is 321 Å². The standard InChI is InChI=1S/C54H38O/c1-2-8-39(9-3-1)41-19-21-42(22-20-41)46(33-38-16-31-54-52(34-38)51-12-6-7-13-53(51)55-54)17-14-37-15-18-50-36-49(30-29-47(50)32-37)44-25-23-43(24-26-44)48-28-27-40-10-4-5-11-45(40)35-48/h1-13,15-16,18-36H,14,17H2/b46-33-. The van der Waals surface area contributed by atoms with Crippen LogP contribution in [-0.4, -0.2) is 0 Å². The summed E-state index contributed by atoms with van der Waals surface area (Å²) in [7, 11) is 0. The second-order valence-corrected chi connectivity index (χ2v) is 14.5. The second kappa shape index (κ2) is 14.1. The van der Waals surface area contributed by atoms with Gasteiger partial charge in [-0.25, -0.2) is 0 Å². The number of aryl methyl sites for hydroxylation is 1. The maximum atomic E-state index is 6.14. The minimum atomic E-state index is 0.919. The van der Waals surface area contributed by atoms with Gasteiger partial charge in [0, 0.05) is 10.8 Å². The SMILES string of the molecule is C(=C(\CCc1ccc2cc(-c3ccc(-c4ccc5ccccc5c4)cc3)ccc2c1)c1ccc(-c2ccccc2)cc1)/c1ccc2oc3ccccc3c2c1. The third-order valence-corrected chi connectivity index (χ3v) is 11.0. The molecular weight excluding hydrogens is 665 g/mol. The quantitative estimate of drug-likeness (QED) is 0.144. The van der Waals surface area contributed by atoms with E-state index in [0.717, 1.165) is 34.8 Å². The Morgan fingerprint density at radius 1 is 0.382 bits per heavy atom. The van der Waals surface area contributed by atoms with Crippen LogP contribution in [0.5, 0.6) is 0 Å². The Hall–Kier alpha value is -6.96. The van der Waals surface area contributed by atoms with Crippen LogP contribution in [0.15, 0.2) is 205 Å². The maximum Gasteiger partial charge on any atom is 0.135 e. The summed E-state index contributed by atoms with van der Waals surface area (Å²) in [6.45, 7) is 0. The molecule has 1 nitrogen and oxygen atoms in total. The molecule has 0 radical (unpaired) electrons. The predicted octanol–water partition coefficient (Wildman–Crippen LogP) is 15.1. The van der Waals surface area contributed by atoms with Gasteiger partial charge < -0.3 is 4.42 Å². The molecule has 0 aliphatic rings. The number of hydrogen-bond acceptors (Lipinski definition) is 1. The largest absolute Gasteiger partial charge is 0.456 e. The van der Waals surface area contributed by atoms with Crippen molar-refractivity contribution in [2.45, 2.75) is 12.8 Å². The lowest BCUT2D eigenvalue weighted by Gasteiger charge is -2.12. The fourth-order valence-corrected chi connectivity index (χ4v) is 7.98. The van der Waals surface area contributed by atoms with E-state index in [4.69, 9.17) is 4.42 Å². The smallest absolute Gasteiger partial charge is 0.135 e. The molecule has 9 aromatic carbocycles. The number of para-hydroxylation sites is 1. The first-order valence-electron chi connectivity index (χ1n) is 19.1. The summed E-state index contributed by atoms with van der Waals surface area (Å²) in [4.78, 5) is 0. The highest BCUT2D eigenvalue weighted by Crippen LogP contribution is 2.34. The van der Waals surface area contributed by atoms with Crippen molar-refractivity contribution in [1.29, 1.82) is 0 Å². The summed E-state index contributed by atoms with van der Waals surface area (Å²) in [5.74, 6) is 0. The van der Waals surface area contributed by atoms with Crippen molar-refractivity contribution in [3.05, 3.63) is 217 Å². The highest BCUT2D eigenvalue weighted by atomic mass is 16.3. The van der Waals surface area contributed by atoms with Crippen LogP contribution in [0.25, 0.3) is 88.5 Å². The van der Waals surface area contributed by atoms with Crippen LogP contribution in [-0.2, 0) is 6.42 Å². The van der Waals surface area contributed by atoms with E-state index in [2.05, 4.69) is 194 Å². The molecule has 0 spiro atoms. The number of hydrogen-bond donors (Lipinski definition) is 0. The van der Waals surface area contributed by atoms with Crippen LogP contribution in [0.1, 0.15) is 23.1 Å². The highest BCUT2D eigenvalue weighted by molar-refractivity contribution is 6.06. The molecule has 0 bridgehead atoms. The molecule has 1 heterocycles. The van der Waals surface area contributed by atoms with Crippen LogP contribution < -0.4 is 0 Å². The lowest BCUT2D eigenvalue weighted by Crippen LogP contribution is -1.92. The average molecular weight is 703 g/mol.